The fourth-order valence-corrected chi connectivity index (χ4v) is 2.08. The summed E-state index contributed by atoms with van der Waals surface area (Å²) >= 11 is 0. The molecule has 4 heteroatoms. The first-order chi connectivity index (χ1) is 8.63. The summed E-state index contributed by atoms with van der Waals surface area (Å²) in [7, 11) is 0. The summed E-state index contributed by atoms with van der Waals surface area (Å²) in [6.07, 6.45) is 2.92. The van der Waals surface area contributed by atoms with Gasteiger partial charge in [-0.2, -0.15) is 0 Å². The number of carbonyl (C=O) groups is 1. The minimum absolute atomic E-state index is 0.0680. The van der Waals surface area contributed by atoms with Crippen LogP contribution >= 0.6 is 0 Å². The van der Waals surface area contributed by atoms with E-state index in [9.17, 15) is 9.90 Å². The second kappa shape index (κ2) is 5.40. The van der Waals surface area contributed by atoms with Crippen molar-refractivity contribution >= 4 is 5.91 Å². The fraction of sp³-hybridized carbons (Fsp3) is 0.500. The zero-order valence-electron chi connectivity index (χ0n) is 10.7. The minimum Gasteiger partial charge on any atom is -0.507 e. The van der Waals surface area contributed by atoms with Crippen molar-refractivity contribution in [3.05, 3.63) is 29.3 Å². The number of phenols is 1. The monoisotopic (exact) mass is 248 g/mol. The van der Waals surface area contributed by atoms with E-state index in [0.29, 0.717) is 24.7 Å². The third-order valence-electron chi connectivity index (χ3n) is 3.24. The first kappa shape index (κ1) is 12.9. The number of aryl methyl sites for hydroxylation is 1. The molecule has 1 aliphatic rings. The Hall–Kier alpha value is -1.55. The van der Waals surface area contributed by atoms with Crippen molar-refractivity contribution in [2.45, 2.75) is 32.2 Å². The Morgan fingerprint density at radius 2 is 2.22 bits per heavy atom. The Labute approximate surface area is 107 Å². The highest BCUT2D eigenvalue weighted by Gasteiger charge is 2.33. The lowest BCUT2D eigenvalue weighted by Crippen LogP contribution is -2.34. The number of benzene rings is 1. The molecule has 4 nitrogen and oxygen atoms in total. The van der Waals surface area contributed by atoms with E-state index in [0.717, 1.165) is 24.8 Å². The normalized spacial score (nSPS) is 14.6. The summed E-state index contributed by atoms with van der Waals surface area (Å²) in [5.74, 6) is -0.0122. The SMILES string of the molecule is Cc1ccc(C(=O)N(CCCN)C2CC2)c(O)c1. The molecule has 18 heavy (non-hydrogen) atoms. The average molecular weight is 248 g/mol. The van der Waals surface area contributed by atoms with Crippen LogP contribution in [0.5, 0.6) is 5.75 Å². The highest BCUT2D eigenvalue weighted by Crippen LogP contribution is 2.30. The van der Waals surface area contributed by atoms with Crippen molar-refractivity contribution in [3.63, 3.8) is 0 Å². The molecule has 0 radical (unpaired) electrons. The number of nitrogens with zero attached hydrogens (tertiary/aromatic N) is 1. The number of hydrogen-bond acceptors (Lipinski definition) is 3. The van der Waals surface area contributed by atoms with Gasteiger partial charge in [-0.3, -0.25) is 4.79 Å². The van der Waals surface area contributed by atoms with E-state index in [-0.39, 0.29) is 11.7 Å². The van der Waals surface area contributed by atoms with Crippen molar-refractivity contribution in [1.29, 1.82) is 0 Å². The molecule has 1 saturated carbocycles. The molecule has 1 aliphatic carbocycles. The van der Waals surface area contributed by atoms with Crippen LogP contribution < -0.4 is 5.73 Å². The van der Waals surface area contributed by atoms with Crippen molar-refractivity contribution < 1.29 is 9.90 Å². The van der Waals surface area contributed by atoms with Gasteiger partial charge in [-0.25, -0.2) is 0 Å². The third-order valence-corrected chi connectivity index (χ3v) is 3.24. The van der Waals surface area contributed by atoms with Gasteiger partial charge in [-0.1, -0.05) is 6.07 Å². The first-order valence-electron chi connectivity index (χ1n) is 6.44. The summed E-state index contributed by atoms with van der Waals surface area (Å²) in [4.78, 5) is 14.2. The Kier molecular flexibility index (Phi) is 3.87. The van der Waals surface area contributed by atoms with E-state index >= 15 is 0 Å². The molecular formula is C14H20N2O2. The maximum Gasteiger partial charge on any atom is 0.257 e. The summed E-state index contributed by atoms with van der Waals surface area (Å²) in [5.41, 5.74) is 6.84. The molecule has 0 unspecified atom stereocenters. The fourth-order valence-electron chi connectivity index (χ4n) is 2.08. The van der Waals surface area contributed by atoms with Crippen LogP contribution in [-0.4, -0.2) is 35.0 Å². The molecule has 1 aromatic carbocycles. The highest BCUT2D eigenvalue weighted by atomic mass is 16.3. The maximum absolute atomic E-state index is 12.4. The van der Waals surface area contributed by atoms with E-state index in [1.54, 1.807) is 12.1 Å². The smallest absolute Gasteiger partial charge is 0.257 e. The molecule has 0 saturated heterocycles. The Bertz CT molecular complexity index is 441. The Balaban J connectivity index is 2.16. The van der Waals surface area contributed by atoms with Gasteiger partial charge in [-0.05, 0) is 50.4 Å². The van der Waals surface area contributed by atoms with Crippen molar-refractivity contribution in [2.75, 3.05) is 13.1 Å². The van der Waals surface area contributed by atoms with Gasteiger partial charge >= 0.3 is 0 Å². The molecule has 0 spiro atoms. The summed E-state index contributed by atoms with van der Waals surface area (Å²) in [6.45, 7) is 3.14. The summed E-state index contributed by atoms with van der Waals surface area (Å²) < 4.78 is 0. The molecule has 1 amide bonds. The second-order valence-corrected chi connectivity index (χ2v) is 4.89. The molecule has 0 aliphatic heterocycles. The van der Waals surface area contributed by atoms with Crippen molar-refractivity contribution in [1.82, 2.24) is 4.90 Å². The lowest BCUT2D eigenvalue weighted by atomic mass is 10.1. The molecule has 98 valence electrons. The van der Waals surface area contributed by atoms with Gasteiger partial charge in [0.25, 0.3) is 5.91 Å². The maximum atomic E-state index is 12.4. The van der Waals surface area contributed by atoms with Crippen LogP contribution in [0.2, 0.25) is 0 Å². The van der Waals surface area contributed by atoms with Crippen molar-refractivity contribution in [2.24, 2.45) is 5.73 Å². The molecule has 0 heterocycles. The first-order valence-corrected chi connectivity index (χ1v) is 6.44. The Morgan fingerprint density at radius 1 is 1.50 bits per heavy atom. The van der Waals surface area contributed by atoms with E-state index < -0.39 is 0 Å². The topological polar surface area (TPSA) is 66.6 Å². The van der Waals surface area contributed by atoms with Crippen LogP contribution in [0.4, 0.5) is 0 Å². The van der Waals surface area contributed by atoms with Gasteiger partial charge in [-0.15, -0.1) is 0 Å². The van der Waals surface area contributed by atoms with Gasteiger partial charge in [0.2, 0.25) is 0 Å². The number of aromatic hydroxyl groups is 1. The lowest BCUT2D eigenvalue weighted by Gasteiger charge is -2.22. The van der Waals surface area contributed by atoms with Crippen LogP contribution in [0.3, 0.4) is 0 Å². The van der Waals surface area contributed by atoms with Crippen LogP contribution in [0, 0.1) is 6.92 Å². The molecule has 0 atom stereocenters. The lowest BCUT2D eigenvalue weighted by molar-refractivity contribution is 0.0739. The standard InChI is InChI=1S/C14H20N2O2/c1-10-3-6-12(13(17)9-10)14(18)16(8-2-7-15)11-4-5-11/h3,6,9,11,17H,2,4-5,7-8,15H2,1H3. The molecule has 2 rings (SSSR count). The molecule has 1 aromatic rings. The average Bonchev–Trinajstić information content (AvgIpc) is 3.13. The number of amides is 1. The number of carbonyl (C=O) groups excluding carboxylic acids is 1. The van der Waals surface area contributed by atoms with Crippen molar-refractivity contribution in [3.8, 4) is 5.75 Å². The van der Waals surface area contributed by atoms with Gasteiger partial charge < -0.3 is 15.7 Å². The van der Waals surface area contributed by atoms with E-state index in [4.69, 9.17) is 5.73 Å². The molecule has 0 bridgehead atoms. The van der Waals surface area contributed by atoms with E-state index in [2.05, 4.69) is 0 Å². The van der Waals surface area contributed by atoms with Crippen LogP contribution in [0.1, 0.15) is 35.2 Å². The number of rotatable bonds is 5. The third kappa shape index (κ3) is 2.82. The number of nitrogens with two attached hydrogens (primary N) is 1. The van der Waals surface area contributed by atoms with E-state index in [1.807, 2.05) is 17.9 Å². The van der Waals surface area contributed by atoms with E-state index in [1.165, 1.54) is 0 Å². The van der Waals surface area contributed by atoms with Gasteiger partial charge in [0.1, 0.15) is 5.75 Å². The number of hydrogen-bond donors (Lipinski definition) is 2. The highest BCUT2D eigenvalue weighted by molar-refractivity contribution is 5.97. The van der Waals surface area contributed by atoms with Gasteiger partial charge in [0, 0.05) is 12.6 Å². The summed E-state index contributed by atoms with van der Waals surface area (Å²) in [5, 5.41) is 9.87. The Morgan fingerprint density at radius 3 is 2.78 bits per heavy atom. The zero-order chi connectivity index (χ0) is 13.1. The quantitative estimate of drug-likeness (QED) is 0.832. The van der Waals surface area contributed by atoms with Gasteiger partial charge in [0.15, 0.2) is 0 Å². The molecule has 1 fully saturated rings. The number of phenolic OH excluding ortho intramolecular Hbond substituents is 1. The van der Waals surface area contributed by atoms with Crippen LogP contribution in [0.25, 0.3) is 0 Å². The predicted octanol–water partition coefficient (Wildman–Crippen LogP) is 1.65. The second-order valence-electron chi connectivity index (χ2n) is 4.89. The largest absolute Gasteiger partial charge is 0.507 e. The van der Waals surface area contributed by atoms with Gasteiger partial charge in [0.05, 0.1) is 5.56 Å². The summed E-state index contributed by atoms with van der Waals surface area (Å²) in [6, 6.07) is 5.51. The molecule has 3 N–H and O–H groups in total. The minimum atomic E-state index is -0.0801. The predicted molar refractivity (Wildman–Crippen MR) is 70.6 cm³/mol. The zero-order valence-corrected chi connectivity index (χ0v) is 10.7. The van der Waals surface area contributed by atoms with Crippen LogP contribution in [0.15, 0.2) is 18.2 Å². The van der Waals surface area contributed by atoms with Crippen LogP contribution in [-0.2, 0) is 0 Å². The molecule has 0 aromatic heterocycles. The molecular weight excluding hydrogens is 228 g/mol.